The average molecular weight is 469 g/mol. The van der Waals surface area contributed by atoms with E-state index in [1.807, 2.05) is 37.3 Å². The van der Waals surface area contributed by atoms with Gasteiger partial charge in [0.2, 0.25) is 5.95 Å². The predicted molar refractivity (Wildman–Crippen MR) is 136 cm³/mol. The number of halogens is 1. The van der Waals surface area contributed by atoms with Gasteiger partial charge in [-0.25, -0.2) is 9.97 Å². The zero-order valence-corrected chi connectivity index (χ0v) is 19.8. The molecule has 1 fully saturated rings. The third-order valence-electron chi connectivity index (χ3n) is 6.38. The van der Waals surface area contributed by atoms with Crippen molar-refractivity contribution in [3.05, 3.63) is 82.8 Å². The van der Waals surface area contributed by atoms with Gasteiger partial charge in [-0.3, -0.25) is 9.88 Å². The first-order valence-corrected chi connectivity index (χ1v) is 11.8. The van der Waals surface area contributed by atoms with E-state index in [-0.39, 0.29) is 0 Å². The number of aryl methyl sites for hydroxylation is 1. The average Bonchev–Trinajstić information content (AvgIpc) is 2.86. The number of anilines is 1. The summed E-state index contributed by atoms with van der Waals surface area (Å²) < 4.78 is 0. The van der Waals surface area contributed by atoms with Gasteiger partial charge in [-0.2, -0.15) is 5.26 Å². The van der Waals surface area contributed by atoms with Gasteiger partial charge in [0.15, 0.2) is 0 Å². The summed E-state index contributed by atoms with van der Waals surface area (Å²) in [5.41, 5.74) is 5.49. The summed E-state index contributed by atoms with van der Waals surface area (Å²) in [6, 6.07) is 18.6. The van der Waals surface area contributed by atoms with Crippen molar-refractivity contribution in [2.24, 2.45) is 0 Å². The summed E-state index contributed by atoms with van der Waals surface area (Å²) in [6.45, 7) is 5.01. The van der Waals surface area contributed by atoms with Crippen LogP contribution >= 0.6 is 11.6 Å². The molecular weight excluding hydrogens is 444 g/mol. The summed E-state index contributed by atoms with van der Waals surface area (Å²) in [6.07, 6.45) is 5.39. The summed E-state index contributed by atoms with van der Waals surface area (Å²) in [5, 5.41) is 14.7. The Kier molecular flexibility index (Phi) is 6.39. The fraction of sp³-hybridized carbons (Fsp3) is 0.259. The Morgan fingerprint density at radius 2 is 1.88 bits per heavy atom. The lowest BCUT2D eigenvalue weighted by Gasteiger charge is -2.32. The zero-order valence-electron chi connectivity index (χ0n) is 19.0. The minimum atomic E-state index is 0.354. The molecular formula is C27H25ClN6. The van der Waals surface area contributed by atoms with E-state index in [1.54, 1.807) is 12.4 Å². The van der Waals surface area contributed by atoms with Crippen LogP contribution < -0.4 is 5.32 Å². The van der Waals surface area contributed by atoms with Crippen molar-refractivity contribution >= 4 is 28.5 Å². The quantitative estimate of drug-likeness (QED) is 0.410. The van der Waals surface area contributed by atoms with Crippen molar-refractivity contribution in [3.63, 3.8) is 0 Å². The van der Waals surface area contributed by atoms with Gasteiger partial charge in [-0.15, -0.1) is 0 Å². The van der Waals surface area contributed by atoms with Gasteiger partial charge < -0.3 is 5.32 Å². The highest BCUT2D eigenvalue weighted by atomic mass is 35.5. The van der Waals surface area contributed by atoms with Crippen LogP contribution in [0.25, 0.3) is 22.0 Å². The molecule has 170 valence electrons. The number of benzene rings is 2. The molecule has 1 saturated heterocycles. The third-order valence-corrected chi connectivity index (χ3v) is 6.63. The number of likely N-dealkylation sites (tertiary alicyclic amines) is 1. The van der Waals surface area contributed by atoms with Crippen LogP contribution in [0.1, 0.15) is 29.7 Å². The second-order valence-corrected chi connectivity index (χ2v) is 9.16. The van der Waals surface area contributed by atoms with E-state index in [4.69, 9.17) is 21.6 Å². The molecule has 2 aromatic heterocycles. The summed E-state index contributed by atoms with van der Waals surface area (Å²) in [4.78, 5) is 16.0. The summed E-state index contributed by atoms with van der Waals surface area (Å²) in [5.74, 6) is 0.676. The molecule has 1 aliphatic heterocycles. The van der Waals surface area contributed by atoms with Crippen LogP contribution in [0.15, 0.2) is 60.9 Å². The normalized spacial score (nSPS) is 14.7. The number of aromatic nitrogens is 3. The molecule has 1 aliphatic rings. The van der Waals surface area contributed by atoms with Crippen molar-refractivity contribution in [1.82, 2.24) is 19.9 Å². The molecule has 2 aromatic carbocycles. The number of nitriles is 1. The summed E-state index contributed by atoms with van der Waals surface area (Å²) >= 11 is 6.00. The topological polar surface area (TPSA) is 77.7 Å². The molecule has 0 aliphatic carbocycles. The maximum absolute atomic E-state index is 9.41. The fourth-order valence-electron chi connectivity index (χ4n) is 4.51. The molecule has 1 N–H and O–H groups in total. The first-order chi connectivity index (χ1) is 16.6. The van der Waals surface area contributed by atoms with Crippen molar-refractivity contribution in [3.8, 4) is 17.2 Å². The molecule has 0 radical (unpaired) electrons. The molecule has 0 atom stereocenters. The second-order valence-electron chi connectivity index (χ2n) is 8.72. The molecule has 34 heavy (non-hydrogen) atoms. The molecule has 4 aromatic rings. The van der Waals surface area contributed by atoms with Crippen LogP contribution in [0.2, 0.25) is 5.02 Å². The van der Waals surface area contributed by atoms with Crippen LogP contribution in [0.4, 0.5) is 5.95 Å². The Morgan fingerprint density at radius 3 is 2.65 bits per heavy atom. The fourth-order valence-corrected chi connectivity index (χ4v) is 4.64. The minimum absolute atomic E-state index is 0.354. The first kappa shape index (κ1) is 22.3. The SMILES string of the molecule is Cc1nc(NC2CCN(Cc3ccc(Cl)cc3)CC2)nc2ccc(-c3ccncc3C#N)cc12. The van der Waals surface area contributed by atoms with Crippen LogP contribution in [0, 0.1) is 18.3 Å². The molecule has 6 nitrogen and oxygen atoms in total. The molecule has 7 heteroatoms. The van der Waals surface area contributed by atoms with Gasteiger partial charge in [0.1, 0.15) is 6.07 Å². The van der Waals surface area contributed by atoms with E-state index < -0.39 is 0 Å². The van der Waals surface area contributed by atoms with Crippen LogP contribution in [0.5, 0.6) is 0 Å². The Labute approximate surface area is 204 Å². The smallest absolute Gasteiger partial charge is 0.223 e. The highest BCUT2D eigenvalue weighted by Crippen LogP contribution is 2.28. The molecule has 0 unspecified atom stereocenters. The molecule has 5 rings (SSSR count). The van der Waals surface area contributed by atoms with Crippen LogP contribution in [0.3, 0.4) is 0 Å². The van der Waals surface area contributed by atoms with E-state index in [0.29, 0.717) is 17.6 Å². The third kappa shape index (κ3) is 4.86. The van der Waals surface area contributed by atoms with Crippen LogP contribution in [-0.2, 0) is 6.54 Å². The van der Waals surface area contributed by atoms with Crippen LogP contribution in [-0.4, -0.2) is 39.0 Å². The number of nitrogens with one attached hydrogen (secondary N) is 1. The number of nitrogens with zero attached hydrogens (tertiary/aromatic N) is 5. The number of fused-ring (bicyclic) bond motifs is 1. The predicted octanol–water partition coefficient (Wildman–Crippen LogP) is 5.60. The molecule has 0 bridgehead atoms. The van der Waals surface area contributed by atoms with Gasteiger partial charge in [0.25, 0.3) is 0 Å². The number of pyridine rings is 1. The number of hydrogen-bond donors (Lipinski definition) is 1. The van der Waals surface area contributed by atoms with Gasteiger partial charge in [-0.1, -0.05) is 29.8 Å². The van der Waals surface area contributed by atoms with E-state index in [9.17, 15) is 5.26 Å². The Hall–Kier alpha value is -3.53. The highest BCUT2D eigenvalue weighted by Gasteiger charge is 2.20. The van der Waals surface area contributed by atoms with Crippen molar-refractivity contribution in [1.29, 1.82) is 5.26 Å². The Balaban J connectivity index is 1.27. The number of hydrogen-bond acceptors (Lipinski definition) is 6. The zero-order chi connectivity index (χ0) is 23.5. The Morgan fingerprint density at radius 1 is 1.09 bits per heavy atom. The first-order valence-electron chi connectivity index (χ1n) is 11.5. The minimum Gasteiger partial charge on any atom is -0.351 e. The van der Waals surface area contributed by atoms with Gasteiger partial charge in [-0.05, 0) is 61.2 Å². The van der Waals surface area contributed by atoms with Gasteiger partial charge in [0.05, 0.1) is 16.8 Å². The highest BCUT2D eigenvalue weighted by molar-refractivity contribution is 6.30. The molecule has 0 saturated carbocycles. The van der Waals surface area contributed by atoms with Crippen molar-refractivity contribution in [2.75, 3.05) is 18.4 Å². The molecule has 3 heterocycles. The van der Waals surface area contributed by atoms with Crippen molar-refractivity contribution in [2.45, 2.75) is 32.4 Å². The lowest BCUT2D eigenvalue weighted by Crippen LogP contribution is -2.39. The van der Waals surface area contributed by atoms with E-state index >= 15 is 0 Å². The van der Waals surface area contributed by atoms with E-state index in [1.165, 1.54) is 5.56 Å². The standard InChI is InChI=1S/C27H25ClN6/c1-18-25-14-20(24-8-11-30-16-21(24)15-29)4-7-26(25)33-27(31-18)32-23-9-12-34(13-10-23)17-19-2-5-22(28)6-3-19/h2-8,11,14,16,23H,9-10,12-13,17H2,1H3,(H,31,32,33). The Bertz CT molecular complexity index is 1350. The second kappa shape index (κ2) is 9.76. The monoisotopic (exact) mass is 468 g/mol. The largest absolute Gasteiger partial charge is 0.351 e. The maximum Gasteiger partial charge on any atom is 0.223 e. The molecule has 0 spiro atoms. The summed E-state index contributed by atoms with van der Waals surface area (Å²) in [7, 11) is 0. The van der Waals surface area contributed by atoms with Gasteiger partial charge in [0, 0.05) is 54.0 Å². The maximum atomic E-state index is 9.41. The number of piperidine rings is 1. The van der Waals surface area contributed by atoms with Gasteiger partial charge >= 0.3 is 0 Å². The van der Waals surface area contributed by atoms with E-state index in [0.717, 1.165) is 65.2 Å². The van der Waals surface area contributed by atoms with E-state index in [2.05, 4.69) is 39.5 Å². The lowest BCUT2D eigenvalue weighted by atomic mass is 10.00. The number of rotatable bonds is 5. The molecule has 0 amide bonds. The van der Waals surface area contributed by atoms with Crippen molar-refractivity contribution < 1.29 is 0 Å². The lowest BCUT2D eigenvalue weighted by molar-refractivity contribution is 0.211.